The maximum absolute atomic E-state index is 11.7. The number of nitrogens with one attached hydrogen (secondary N) is 1. The van der Waals surface area contributed by atoms with Crippen LogP contribution in [-0.2, 0) is 19.6 Å². The summed E-state index contributed by atoms with van der Waals surface area (Å²) in [6, 6.07) is 1.50. The van der Waals surface area contributed by atoms with Gasteiger partial charge in [-0.25, -0.2) is 18.4 Å². The number of ether oxygens (including phenoxy) is 1. The van der Waals surface area contributed by atoms with Crippen LogP contribution in [0.5, 0.6) is 0 Å². The second kappa shape index (κ2) is 6.67. The highest BCUT2D eigenvalue weighted by molar-refractivity contribution is 7.92. The molecule has 0 amide bonds. The maximum Gasteiger partial charge on any atom is 0.306 e. The van der Waals surface area contributed by atoms with Gasteiger partial charge in [0.25, 0.3) is 0 Å². The third kappa shape index (κ3) is 5.84. The van der Waals surface area contributed by atoms with E-state index in [2.05, 4.69) is 19.4 Å². The average molecular weight is 308 g/mol. The number of anilines is 1. The van der Waals surface area contributed by atoms with Gasteiger partial charge in [0.05, 0.1) is 18.8 Å². The Hall–Kier alpha value is -1.41. The minimum absolute atomic E-state index is 0.117. The molecule has 0 radical (unpaired) electrons. The zero-order chi connectivity index (χ0) is 14.5. The summed E-state index contributed by atoms with van der Waals surface area (Å²) in [5.74, 6) is -1.09. The summed E-state index contributed by atoms with van der Waals surface area (Å²) in [4.78, 5) is 18.7. The van der Waals surface area contributed by atoms with E-state index in [0.717, 1.165) is 0 Å². The number of carbonyl (C=O) groups is 1. The summed E-state index contributed by atoms with van der Waals surface area (Å²) >= 11 is 5.69. The van der Waals surface area contributed by atoms with Crippen molar-refractivity contribution in [2.45, 2.75) is 20.3 Å². The fraction of sp³-hybridized carbons (Fsp3) is 0.500. The average Bonchev–Trinajstić information content (AvgIpc) is 2.25. The van der Waals surface area contributed by atoms with Crippen LogP contribution >= 0.6 is 11.6 Å². The molecule has 0 aliphatic rings. The van der Waals surface area contributed by atoms with Gasteiger partial charge in [-0.3, -0.25) is 9.52 Å². The van der Waals surface area contributed by atoms with Crippen molar-refractivity contribution < 1.29 is 17.9 Å². The molecular weight excluding hydrogens is 294 g/mol. The number of sulfonamides is 1. The molecule has 1 rings (SSSR count). The lowest BCUT2D eigenvalue weighted by atomic mass is 10.5. The van der Waals surface area contributed by atoms with Crippen molar-refractivity contribution in [2.75, 3.05) is 17.1 Å². The Morgan fingerprint density at radius 2 is 2.16 bits per heavy atom. The molecule has 1 aromatic heterocycles. The second-order valence-electron chi connectivity index (χ2n) is 3.63. The van der Waals surface area contributed by atoms with Crippen molar-refractivity contribution in [2.24, 2.45) is 0 Å². The second-order valence-corrected chi connectivity index (χ2v) is 5.86. The van der Waals surface area contributed by atoms with Crippen LogP contribution in [0.3, 0.4) is 0 Å². The molecule has 0 aromatic carbocycles. The number of rotatable bonds is 6. The van der Waals surface area contributed by atoms with Gasteiger partial charge >= 0.3 is 5.97 Å². The summed E-state index contributed by atoms with van der Waals surface area (Å²) in [6.45, 7) is 3.51. The zero-order valence-electron chi connectivity index (χ0n) is 10.5. The Morgan fingerprint density at radius 3 is 2.74 bits per heavy atom. The van der Waals surface area contributed by atoms with Gasteiger partial charge in [0.2, 0.25) is 16.0 Å². The Labute approximate surface area is 116 Å². The Bertz CT molecular complexity index is 542. The molecule has 1 heterocycles. The van der Waals surface area contributed by atoms with E-state index >= 15 is 0 Å². The lowest BCUT2D eigenvalue weighted by Crippen LogP contribution is -2.21. The predicted octanol–water partition coefficient (Wildman–Crippen LogP) is 1.13. The summed E-state index contributed by atoms with van der Waals surface area (Å²) in [5.41, 5.74) is 0.531. The molecule has 1 N–H and O–H groups in total. The van der Waals surface area contributed by atoms with E-state index in [0.29, 0.717) is 5.69 Å². The first-order valence-corrected chi connectivity index (χ1v) is 7.52. The molecule has 0 saturated carbocycles. The van der Waals surface area contributed by atoms with Crippen LogP contribution in [0.25, 0.3) is 0 Å². The van der Waals surface area contributed by atoms with E-state index in [4.69, 9.17) is 11.6 Å². The van der Waals surface area contributed by atoms with Crippen LogP contribution in [0, 0.1) is 6.92 Å². The first kappa shape index (κ1) is 15.6. The predicted molar refractivity (Wildman–Crippen MR) is 70.4 cm³/mol. The molecule has 0 aliphatic carbocycles. The molecule has 7 nitrogen and oxygen atoms in total. The van der Waals surface area contributed by atoms with Crippen molar-refractivity contribution in [1.29, 1.82) is 0 Å². The van der Waals surface area contributed by atoms with Gasteiger partial charge in [0.1, 0.15) is 5.15 Å². The highest BCUT2D eigenvalue weighted by atomic mass is 35.5. The molecule has 0 atom stereocenters. The molecule has 106 valence electrons. The minimum atomic E-state index is -3.72. The van der Waals surface area contributed by atoms with Gasteiger partial charge in [0, 0.05) is 5.69 Å². The van der Waals surface area contributed by atoms with Crippen LogP contribution in [0.1, 0.15) is 19.0 Å². The number of aryl methyl sites for hydroxylation is 1. The molecule has 0 unspecified atom stereocenters. The normalized spacial score (nSPS) is 11.1. The van der Waals surface area contributed by atoms with Crippen molar-refractivity contribution in [3.05, 3.63) is 16.9 Å². The van der Waals surface area contributed by atoms with E-state index in [1.807, 2.05) is 0 Å². The molecule has 1 aromatic rings. The summed E-state index contributed by atoms with van der Waals surface area (Å²) < 4.78 is 30.2. The molecule has 0 bridgehead atoms. The van der Waals surface area contributed by atoms with Crippen molar-refractivity contribution in [3.63, 3.8) is 0 Å². The van der Waals surface area contributed by atoms with E-state index in [1.165, 1.54) is 6.07 Å². The number of nitrogens with zero attached hydrogens (tertiary/aromatic N) is 2. The van der Waals surface area contributed by atoms with Crippen LogP contribution < -0.4 is 4.72 Å². The molecule has 19 heavy (non-hydrogen) atoms. The molecule has 0 aliphatic heterocycles. The third-order valence-electron chi connectivity index (χ3n) is 1.95. The monoisotopic (exact) mass is 307 g/mol. The fourth-order valence-corrected chi connectivity index (χ4v) is 2.36. The fourth-order valence-electron chi connectivity index (χ4n) is 1.22. The Balaban J connectivity index is 2.66. The standard InChI is InChI=1S/C10H14ClN3O4S/c1-3-18-9(15)4-5-19(16,17)14-10-12-7(2)6-8(11)13-10/h6H,3-5H2,1-2H3,(H,12,13,14). The van der Waals surface area contributed by atoms with Gasteiger partial charge in [-0.2, -0.15) is 0 Å². The van der Waals surface area contributed by atoms with Crippen LogP contribution in [0.2, 0.25) is 5.15 Å². The number of halogens is 1. The van der Waals surface area contributed by atoms with E-state index < -0.39 is 21.7 Å². The SMILES string of the molecule is CCOC(=O)CCS(=O)(=O)Nc1nc(C)cc(Cl)n1. The molecule has 0 fully saturated rings. The molecule has 0 spiro atoms. The molecular formula is C10H14ClN3O4S. The van der Waals surface area contributed by atoms with E-state index in [1.54, 1.807) is 13.8 Å². The maximum atomic E-state index is 11.7. The van der Waals surface area contributed by atoms with Crippen LogP contribution in [0.4, 0.5) is 5.95 Å². The number of hydrogen-bond donors (Lipinski definition) is 1. The summed E-state index contributed by atoms with van der Waals surface area (Å²) in [6.07, 6.45) is -0.233. The first-order valence-electron chi connectivity index (χ1n) is 5.49. The van der Waals surface area contributed by atoms with Gasteiger partial charge in [-0.05, 0) is 19.9 Å². The molecule has 0 saturated heterocycles. The summed E-state index contributed by atoms with van der Waals surface area (Å²) in [5, 5.41) is 0.135. The van der Waals surface area contributed by atoms with E-state index in [-0.39, 0.29) is 24.1 Å². The topological polar surface area (TPSA) is 98.2 Å². The lowest BCUT2D eigenvalue weighted by molar-refractivity contribution is -0.142. The van der Waals surface area contributed by atoms with Gasteiger partial charge in [-0.15, -0.1) is 0 Å². The number of esters is 1. The number of aromatic nitrogens is 2. The Morgan fingerprint density at radius 1 is 1.47 bits per heavy atom. The lowest BCUT2D eigenvalue weighted by Gasteiger charge is -2.07. The summed E-state index contributed by atoms with van der Waals surface area (Å²) in [7, 11) is -3.72. The quantitative estimate of drug-likeness (QED) is 0.625. The Kier molecular flexibility index (Phi) is 5.49. The largest absolute Gasteiger partial charge is 0.466 e. The minimum Gasteiger partial charge on any atom is -0.466 e. The van der Waals surface area contributed by atoms with Crippen molar-refractivity contribution in [1.82, 2.24) is 9.97 Å². The smallest absolute Gasteiger partial charge is 0.306 e. The van der Waals surface area contributed by atoms with E-state index in [9.17, 15) is 13.2 Å². The molecule has 9 heteroatoms. The van der Waals surface area contributed by atoms with Gasteiger partial charge in [0.15, 0.2) is 0 Å². The zero-order valence-corrected chi connectivity index (χ0v) is 12.1. The van der Waals surface area contributed by atoms with Crippen molar-refractivity contribution in [3.8, 4) is 0 Å². The van der Waals surface area contributed by atoms with Gasteiger partial charge in [-0.1, -0.05) is 11.6 Å². The number of hydrogen-bond acceptors (Lipinski definition) is 6. The number of carbonyl (C=O) groups excluding carboxylic acids is 1. The van der Waals surface area contributed by atoms with Gasteiger partial charge < -0.3 is 4.74 Å². The highest BCUT2D eigenvalue weighted by Gasteiger charge is 2.15. The van der Waals surface area contributed by atoms with Crippen LogP contribution in [-0.4, -0.2) is 36.7 Å². The van der Waals surface area contributed by atoms with Crippen LogP contribution in [0.15, 0.2) is 6.07 Å². The highest BCUT2D eigenvalue weighted by Crippen LogP contribution is 2.11. The van der Waals surface area contributed by atoms with Crippen molar-refractivity contribution >= 4 is 33.5 Å². The third-order valence-corrected chi connectivity index (χ3v) is 3.38. The first-order chi connectivity index (χ1) is 8.82.